The van der Waals surface area contributed by atoms with Gasteiger partial charge in [-0.3, -0.25) is 9.69 Å². The van der Waals surface area contributed by atoms with E-state index in [-0.39, 0.29) is 5.92 Å². The van der Waals surface area contributed by atoms with Crippen LogP contribution in [0.5, 0.6) is 0 Å². The number of Topliss-reactive ketones (excluding diaryl/α,β-unsaturated/α-hetero) is 1. The van der Waals surface area contributed by atoms with Crippen molar-refractivity contribution >= 4 is 5.78 Å². The Morgan fingerprint density at radius 3 is 2.69 bits per heavy atom. The zero-order chi connectivity index (χ0) is 11.5. The topological polar surface area (TPSA) is 20.3 Å². The van der Waals surface area contributed by atoms with Gasteiger partial charge in [0.05, 0.1) is 6.54 Å². The number of carbonyl (C=O) groups is 1. The number of rotatable bonds is 3. The SMILES string of the molecule is CC(C)C(=O)CN1CCc2ccccc2C1. The Morgan fingerprint density at radius 1 is 1.31 bits per heavy atom. The fraction of sp³-hybridized carbons (Fsp3) is 0.500. The number of carbonyl (C=O) groups excluding carboxylic acids is 1. The zero-order valence-electron chi connectivity index (χ0n) is 10.1. The normalized spacial score (nSPS) is 16.2. The molecule has 2 rings (SSSR count). The molecule has 0 spiro atoms. The molecule has 0 radical (unpaired) electrons. The summed E-state index contributed by atoms with van der Waals surface area (Å²) in [7, 11) is 0. The molecule has 0 N–H and O–H groups in total. The molecule has 86 valence electrons. The third-order valence-corrected chi connectivity index (χ3v) is 3.23. The highest BCUT2D eigenvalue weighted by Gasteiger charge is 2.18. The van der Waals surface area contributed by atoms with Gasteiger partial charge in [0.15, 0.2) is 0 Å². The van der Waals surface area contributed by atoms with Gasteiger partial charge >= 0.3 is 0 Å². The lowest BCUT2D eigenvalue weighted by atomic mass is 9.99. The number of benzene rings is 1. The van der Waals surface area contributed by atoms with Gasteiger partial charge in [-0.15, -0.1) is 0 Å². The van der Waals surface area contributed by atoms with Crippen LogP contribution in [0.1, 0.15) is 25.0 Å². The van der Waals surface area contributed by atoms with Crippen molar-refractivity contribution in [2.24, 2.45) is 5.92 Å². The van der Waals surface area contributed by atoms with Crippen LogP contribution in [0.4, 0.5) is 0 Å². The van der Waals surface area contributed by atoms with Gasteiger partial charge in [0, 0.05) is 19.0 Å². The Balaban J connectivity index is 2.00. The lowest BCUT2D eigenvalue weighted by Gasteiger charge is -2.28. The highest BCUT2D eigenvalue weighted by molar-refractivity contribution is 5.82. The van der Waals surface area contributed by atoms with Crippen LogP contribution in [0.2, 0.25) is 0 Å². The number of nitrogens with zero attached hydrogens (tertiary/aromatic N) is 1. The van der Waals surface area contributed by atoms with Crippen molar-refractivity contribution in [2.45, 2.75) is 26.8 Å². The minimum absolute atomic E-state index is 0.150. The predicted octanol–water partition coefficient (Wildman–Crippen LogP) is 2.27. The summed E-state index contributed by atoms with van der Waals surface area (Å²) in [6.07, 6.45) is 1.07. The molecule has 1 aliphatic rings. The van der Waals surface area contributed by atoms with E-state index in [4.69, 9.17) is 0 Å². The van der Waals surface area contributed by atoms with Gasteiger partial charge in [-0.25, -0.2) is 0 Å². The van der Waals surface area contributed by atoms with E-state index in [0.717, 1.165) is 19.5 Å². The molecule has 1 aliphatic heterocycles. The van der Waals surface area contributed by atoms with Crippen LogP contribution in [0.15, 0.2) is 24.3 Å². The highest BCUT2D eigenvalue weighted by atomic mass is 16.1. The van der Waals surface area contributed by atoms with Crippen molar-refractivity contribution in [3.63, 3.8) is 0 Å². The van der Waals surface area contributed by atoms with Gasteiger partial charge in [-0.2, -0.15) is 0 Å². The average Bonchev–Trinajstić information content (AvgIpc) is 2.28. The van der Waals surface area contributed by atoms with Crippen molar-refractivity contribution in [1.82, 2.24) is 4.90 Å². The van der Waals surface area contributed by atoms with Crippen LogP contribution in [0.3, 0.4) is 0 Å². The summed E-state index contributed by atoms with van der Waals surface area (Å²) in [5.74, 6) is 0.497. The van der Waals surface area contributed by atoms with Crippen LogP contribution < -0.4 is 0 Å². The molecule has 0 fully saturated rings. The molecular formula is C14H19NO. The summed E-state index contributed by atoms with van der Waals surface area (Å²) in [6.45, 7) is 6.48. The van der Waals surface area contributed by atoms with Crippen LogP contribution >= 0.6 is 0 Å². The Bertz CT molecular complexity index is 384. The van der Waals surface area contributed by atoms with E-state index < -0.39 is 0 Å². The van der Waals surface area contributed by atoms with E-state index >= 15 is 0 Å². The minimum atomic E-state index is 0.150. The lowest BCUT2D eigenvalue weighted by Crippen LogP contribution is -2.36. The van der Waals surface area contributed by atoms with Crippen molar-refractivity contribution in [3.8, 4) is 0 Å². The van der Waals surface area contributed by atoms with Crippen LogP contribution in [0.25, 0.3) is 0 Å². The van der Waals surface area contributed by atoms with E-state index in [1.165, 1.54) is 11.1 Å². The maximum absolute atomic E-state index is 11.7. The van der Waals surface area contributed by atoms with Gasteiger partial charge in [-0.05, 0) is 17.5 Å². The molecule has 0 aliphatic carbocycles. The molecule has 16 heavy (non-hydrogen) atoms. The van der Waals surface area contributed by atoms with Crippen molar-refractivity contribution in [2.75, 3.05) is 13.1 Å². The highest BCUT2D eigenvalue weighted by Crippen LogP contribution is 2.18. The fourth-order valence-electron chi connectivity index (χ4n) is 2.09. The van der Waals surface area contributed by atoms with Gasteiger partial charge in [0.1, 0.15) is 5.78 Å². The number of hydrogen-bond acceptors (Lipinski definition) is 2. The summed E-state index contributed by atoms with van der Waals surface area (Å²) in [4.78, 5) is 13.9. The monoisotopic (exact) mass is 217 g/mol. The summed E-state index contributed by atoms with van der Waals surface area (Å²) in [5, 5.41) is 0. The molecule has 1 aromatic rings. The standard InChI is InChI=1S/C14H19NO/c1-11(2)14(16)10-15-8-7-12-5-3-4-6-13(12)9-15/h3-6,11H,7-10H2,1-2H3. The second kappa shape index (κ2) is 4.79. The summed E-state index contributed by atoms with van der Waals surface area (Å²) in [6, 6.07) is 8.53. The Morgan fingerprint density at radius 2 is 2.00 bits per heavy atom. The Labute approximate surface area is 97.3 Å². The van der Waals surface area contributed by atoms with Gasteiger partial charge in [0.25, 0.3) is 0 Å². The molecule has 1 aromatic carbocycles. The number of hydrogen-bond donors (Lipinski definition) is 0. The van der Waals surface area contributed by atoms with Crippen LogP contribution in [-0.4, -0.2) is 23.8 Å². The first-order valence-electron chi connectivity index (χ1n) is 5.98. The molecule has 2 nitrogen and oxygen atoms in total. The molecule has 0 amide bonds. The average molecular weight is 217 g/mol. The molecule has 2 heteroatoms. The number of fused-ring (bicyclic) bond motifs is 1. The largest absolute Gasteiger partial charge is 0.298 e. The van der Waals surface area contributed by atoms with Gasteiger partial charge < -0.3 is 0 Å². The van der Waals surface area contributed by atoms with Crippen LogP contribution in [-0.2, 0) is 17.8 Å². The summed E-state index contributed by atoms with van der Waals surface area (Å²) < 4.78 is 0. The molecule has 0 aromatic heterocycles. The quantitative estimate of drug-likeness (QED) is 0.774. The lowest BCUT2D eigenvalue weighted by molar-refractivity contribution is -0.123. The zero-order valence-corrected chi connectivity index (χ0v) is 10.1. The smallest absolute Gasteiger partial charge is 0.149 e. The maximum atomic E-state index is 11.7. The van der Waals surface area contributed by atoms with E-state index in [2.05, 4.69) is 29.2 Å². The third-order valence-electron chi connectivity index (χ3n) is 3.23. The van der Waals surface area contributed by atoms with Gasteiger partial charge in [-0.1, -0.05) is 38.1 Å². The molecular weight excluding hydrogens is 198 g/mol. The minimum Gasteiger partial charge on any atom is -0.298 e. The molecule has 0 bridgehead atoms. The Hall–Kier alpha value is -1.15. The Kier molecular flexibility index (Phi) is 3.39. The second-order valence-electron chi connectivity index (χ2n) is 4.85. The molecule has 1 heterocycles. The molecule has 0 atom stereocenters. The van der Waals surface area contributed by atoms with E-state index in [1.54, 1.807) is 0 Å². The van der Waals surface area contributed by atoms with Crippen molar-refractivity contribution < 1.29 is 4.79 Å². The molecule has 0 saturated heterocycles. The first kappa shape index (κ1) is 11.3. The first-order chi connectivity index (χ1) is 7.66. The van der Waals surface area contributed by atoms with Crippen molar-refractivity contribution in [1.29, 1.82) is 0 Å². The summed E-state index contributed by atoms with van der Waals surface area (Å²) in [5.41, 5.74) is 2.82. The summed E-state index contributed by atoms with van der Waals surface area (Å²) >= 11 is 0. The fourth-order valence-corrected chi connectivity index (χ4v) is 2.09. The number of ketones is 1. The van der Waals surface area contributed by atoms with E-state index in [1.807, 2.05) is 13.8 Å². The second-order valence-corrected chi connectivity index (χ2v) is 4.85. The van der Waals surface area contributed by atoms with Gasteiger partial charge in [0.2, 0.25) is 0 Å². The maximum Gasteiger partial charge on any atom is 0.149 e. The third kappa shape index (κ3) is 2.50. The van der Waals surface area contributed by atoms with Crippen LogP contribution in [0, 0.1) is 5.92 Å². The van der Waals surface area contributed by atoms with E-state index in [0.29, 0.717) is 12.3 Å². The molecule has 0 saturated carbocycles. The molecule has 0 unspecified atom stereocenters. The van der Waals surface area contributed by atoms with E-state index in [9.17, 15) is 4.79 Å². The predicted molar refractivity (Wildman–Crippen MR) is 65.3 cm³/mol. The first-order valence-corrected chi connectivity index (χ1v) is 5.98. The van der Waals surface area contributed by atoms with Crippen molar-refractivity contribution in [3.05, 3.63) is 35.4 Å².